The van der Waals surface area contributed by atoms with Gasteiger partial charge in [0.15, 0.2) is 17.3 Å². The summed E-state index contributed by atoms with van der Waals surface area (Å²) in [5, 5.41) is 4.13. The van der Waals surface area contributed by atoms with Crippen LogP contribution in [-0.2, 0) is 11.2 Å². The SMILES string of the molecule is CCc1cccc(N2CC(c3noc(-c4ccc(OC)c(OC)c4)n3)CC2=O)c1. The molecule has 0 aliphatic carbocycles. The maximum Gasteiger partial charge on any atom is 0.258 e. The normalized spacial score (nSPS) is 16.3. The summed E-state index contributed by atoms with van der Waals surface area (Å²) in [7, 11) is 3.16. The molecular weight excluding hydrogens is 370 g/mol. The molecular formula is C22H23N3O4. The highest BCUT2D eigenvalue weighted by Crippen LogP contribution is 2.34. The predicted octanol–water partition coefficient (Wildman–Crippen LogP) is 3.84. The number of carbonyl (C=O) groups excluding carboxylic acids is 1. The third kappa shape index (κ3) is 3.68. The lowest BCUT2D eigenvalue weighted by Gasteiger charge is -2.17. The van der Waals surface area contributed by atoms with Gasteiger partial charge in [-0.3, -0.25) is 4.79 Å². The molecule has 1 aromatic heterocycles. The number of anilines is 1. The second-order valence-corrected chi connectivity index (χ2v) is 6.96. The molecule has 7 heteroatoms. The van der Waals surface area contributed by atoms with E-state index in [1.54, 1.807) is 31.3 Å². The summed E-state index contributed by atoms with van der Waals surface area (Å²) in [5.74, 6) is 2.10. The molecule has 150 valence electrons. The summed E-state index contributed by atoms with van der Waals surface area (Å²) in [6.07, 6.45) is 1.29. The molecule has 7 nitrogen and oxygen atoms in total. The third-order valence-corrected chi connectivity index (χ3v) is 5.19. The number of ether oxygens (including phenoxy) is 2. The number of methoxy groups -OCH3 is 2. The Balaban J connectivity index is 1.55. The van der Waals surface area contributed by atoms with Crippen molar-refractivity contribution in [3.63, 3.8) is 0 Å². The van der Waals surface area contributed by atoms with Crippen LogP contribution in [0.1, 0.15) is 30.7 Å². The Bertz CT molecular complexity index is 1030. The Morgan fingerprint density at radius 3 is 2.72 bits per heavy atom. The number of rotatable bonds is 6. The number of hydrogen-bond acceptors (Lipinski definition) is 6. The molecule has 1 fully saturated rings. The van der Waals surface area contributed by atoms with Gasteiger partial charge in [-0.1, -0.05) is 24.2 Å². The van der Waals surface area contributed by atoms with Crippen molar-refractivity contribution in [3.8, 4) is 23.0 Å². The first-order valence-electron chi connectivity index (χ1n) is 9.58. The zero-order chi connectivity index (χ0) is 20.4. The fraction of sp³-hybridized carbons (Fsp3) is 0.318. The maximum atomic E-state index is 12.6. The number of aryl methyl sites for hydroxylation is 1. The molecule has 0 N–H and O–H groups in total. The first-order chi connectivity index (χ1) is 14.1. The van der Waals surface area contributed by atoms with Crippen LogP contribution < -0.4 is 14.4 Å². The average Bonchev–Trinajstić information content (AvgIpc) is 3.40. The van der Waals surface area contributed by atoms with Crippen LogP contribution in [0.2, 0.25) is 0 Å². The molecule has 0 spiro atoms. The lowest BCUT2D eigenvalue weighted by molar-refractivity contribution is -0.117. The Morgan fingerprint density at radius 2 is 1.97 bits per heavy atom. The molecule has 0 saturated carbocycles. The first kappa shape index (κ1) is 19.0. The van der Waals surface area contributed by atoms with E-state index in [0.29, 0.717) is 36.2 Å². The zero-order valence-corrected chi connectivity index (χ0v) is 16.7. The molecule has 4 rings (SSSR count). The van der Waals surface area contributed by atoms with Crippen molar-refractivity contribution >= 4 is 11.6 Å². The van der Waals surface area contributed by atoms with Crippen molar-refractivity contribution in [1.29, 1.82) is 0 Å². The van der Waals surface area contributed by atoms with Gasteiger partial charge in [-0.05, 0) is 42.3 Å². The monoisotopic (exact) mass is 393 g/mol. The van der Waals surface area contributed by atoms with E-state index in [9.17, 15) is 4.79 Å². The minimum Gasteiger partial charge on any atom is -0.493 e. The minimum atomic E-state index is -0.106. The molecule has 3 aromatic rings. The molecule has 1 saturated heterocycles. The molecule has 1 atom stereocenters. The van der Waals surface area contributed by atoms with E-state index < -0.39 is 0 Å². The predicted molar refractivity (Wildman–Crippen MR) is 108 cm³/mol. The fourth-order valence-corrected chi connectivity index (χ4v) is 3.56. The second-order valence-electron chi connectivity index (χ2n) is 6.96. The standard InChI is InChI=1S/C22H23N3O4/c1-4-14-6-5-7-17(10-14)25-13-16(12-20(25)26)21-23-22(29-24-21)15-8-9-18(27-2)19(11-15)28-3/h5-11,16H,4,12-13H2,1-3H3. The van der Waals surface area contributed by atoms with Gasteiger partial charge in [-0.25, -0.2) is 0 Å². The van der Waals surface area contributed by atoms with Crippen LogP contribution >= 0.6 is 0 Å². The van der Waals surface area contributed by atoms with E-state index in [1.165, 1.54) is 5.56 Å². The number of aromatic nitrogens is 2. The summed E-state index contributed by atoms with van der Waals surface area (Å²) in [6.45, 7) is 2.64. The van der Waals surface area contributed by atoms with Gasteiger partial charge in [0.1, 0.15) is 0 Å². The van der Waals surface area contributed by atoms with Crippen LogP contribution in [0.3, 0.4) is 0 Å². The van der Waals surface area contributed by atoms with Crippen LogP contribution in [0.15, 0.2) is 47.0 Å². The lowest BCUT2D eigenvalue weighted by Crippen LogP contribution is -2.24. The molecule has 1 amide bonds. The molecule has 1 aliphatic heterocycles. The Hall–Kier alpha value is -3.35. The largest absolute Gasteiger partial charge is 0.493 e. The topological polar surface area (TPSA) is 77.7 Å². The molecule has 1 unspecified atom stereocenters. The summed E-state index contributed by atoms with van der Waals surface area (Å²) in [4.78, 5) is 18.9. The van der Waals surface area contributed by atoms with Gasteiger partial charge in [0, 0.05) is 30.1 Å². The van der Waals surface area contributed by atoms with Gasteiger partial charge in [-0.2, -0.15) is 4.98 Å². The number of nitrogens with zero attached hydrogens (tertiary/aromatic N) is 3. The van der Waals surface area contributed by atoms with E-state index in [-0.39, 0.29) is 11.8 Å². The van der Waals surface area contributed by atoms with Crippen molar-refractivity contribution in [2.45, 2.75) is 25.7 Å². The van der Waals surface area contributed by atoms with Gasteiger partial charge < -0.3 is 18.9 Å². The summed E-state index contributed by atoms with van der Waals surface area (Å²) in [5.41, 5.74) is 2.85. The van der Waals surface area contributed by atoms with Crippen molar-refractivity contribution in [1.82, 2.24) is 10.1 Å². The first-order valence-corrected chi connectivity index (χ1v) is 9.58. The molecule has 1 aliphatic rings. The highest BCUT2D eigenvalue weighted by molar-refractivity contribution is 5.96. The number of carbonyl (C=O) groups is 1. The molecule has 2 aromatic carbocycles. The summed E-state index contributed by atoms with van der Waals surface area (Å²) >= 11 is 0. The Kier molecular flexibility index (Phi) is 5.20. The molecule has 0 radical (unpaired) electrons. The zero-order valence-electron chi connectivity index (χ0n) is 16.7. The van der Waals surface area contributed by atoms with Crippen molar-refractivity contribution in [3.05, 3.63) is 53.9 Å². The fourth-order valence-electron chi connectivity index (χ4n) is 3.56. The van der Waals surface area contributed by atoms with E-state index in [0.717, 1.165) is 17.7 Å². The third-order valence-electron chi connectivity index (χ3n) is 5.19. The summed E-state index contributed by atoms with van der Waals surface area (Å²) in [6, 6.07) is 13.5. The molecule has 0 bridgehead atoms. The van der Waals surface area contributed by atoms with Gasteiger partial charge in [0.05, 0.1) is 14.2 Å². The Morgan fingerprint density at radius 1 is 1.14 bits per heavy atom. The number of hydrogen-bond donors (Lipinski definition) is 0. The lowest BCUT2D eigenvalue weighted by atomic mass is 10.1. The van der Waals surface area contributed by atoms with Crippen LogP contribution in [-0.4, -0.2) is 36.8 Å². The van der Waals surface area contributed by atoms with Crippen molar-refractivity contribution in [2.24, 2.45) is 0 Å². The van der Waals surface area contributed by atoms with Crippen LogP contribution in [0.5, 0.6) is 11.5 Å². The highest BCUT2D eigenvalue weighted by Gasteiger charge is 2.34. The van der Waals surface area contributed by atoms with E-state index in [4.69, 9.17) is 14.0 Å². The van der Waals surface area contributed by atoms with E-state index in [2.05, 4.69) is 29.2 Å². The maximum absolute atomic E-state index is 12.6. The quantitative estimate of drug-likeness (QED) is 0.633. The smallest absolute Gasteiger partial charge is 0.258 e. The van der Waals surface area contributed by atoms with Crippen molar-refractivity contribution < 1.29 is 18.8 Å². The average molecular weight is 393 g/mol. The van der Waals surface area contributed by atoms with Gasteiger partial charge in [0.25, 0.3) is 5.89 Å². The number of amides is 1. The Labute approximate surface area is 169 Å². The molecule has 2 heterocycles. The number of benzene rings is 2. The molecule has 29 heavy (non-hydrogen) atoms. The van der Waals surface area contributed by atoms with Gasteiger partial charge in [0.2, 0.25) is 5.91 Å². The van der Waals surface area contributed by atoms with Crippen LogP contribution in [0.4, 0.5) is 5.69 Å². The van der Waals surface area contributed by atoms with E-state index in [1.807, 2.05) is 18.2 Å². The second kappa shape index (κ2) is 7.95. The minimum absolute atomic E-state index is 0.0701. The van der Waals surface area contributed by atoms with E-state index >= 15 is 0 Å². The van der Waals surface area contributed by atoms with Gasteiger partial charge in [-0.15, -0.1) is 0 Å². The van der Waals surface area contributed by atoms with Crippen molar-refractivity contribution in [2.75, 3.05) is 25.7 Å². The summed E-state index contributed by atoms with van der Waals surface area (Å²) < 4.78 is 16.1. The van der Waals surface area contributed by atoms with Crippen LogP contribution in [0.25, 0.3) is 11.5 Å². The van der Waals surface area contributed by atoms with Crippen LogP contribution in [0, 0.1) is 0 Å². The van der Waals surface area contributed by atoms with Gasteiger partial charge >= 0.3 is 0 Å². The highest BCUT2D eigenvalue weighted by atomic mass is 16.5.